The predicted octanol–water partition coefficient (Wildman–Crippen LogP) is 3.73. The van der Waals surface area contributed by atoms with E-state index in [4.69, 9.17) is 4.74 Å². The molecule has 3 aliphatic rings. The van der Waals surface area contributed by atoms with E-state index in [1.807, 2.05) is 0 Å². The summed E-state index contributed by atoms with van der Waals surface area (Å²) in [5.74, 6) is -4.29. The molecule has 2 aromatic carbocycles. The predicted molar refractivity (Wildman–Crippen MR) is 127 cm³/mol. The molecule has 5 rings (SSSR count). The summed E-state index contributed by atoms with van der Waals surface area (Å²) in [4.78, 5) is 53.4. The van der Waals surface area contributed by atoms with Crippen LogP contribution in [0.25, 0.3) is 0 Å². The Morgan fingerprint density at radius 3 is 2.55 bits per heavy atom. The number of rotatable bonds is 4. The van der Waals surface area contributed by atoms with Crippen molar-refractivity contribution in [3.05, 3.63) is 64.5 Å². The molecule has 2 aromatic rings. The zero-order chi connectivity index (χ0) is 27.4. The Kier molecular flexibility index (Phi) is 6.28. The minimum Gasteiger partial charge on any atom is -0.427 e. The molecular formula is C26H25F3N4O5. The molecule has 3 atom stereocenters. The number of imide groups is 1. The van der Waals surface area contributed by atoms with Crippen LogP contribution in [0.15, 0.2) is 30.3 Å². The van der Waals surface area contributed by atoms with Crippen LogP contribution in [0, 0.1) is 17.5 Å². The molecule has 9 nitrogen and oxygen atoms in total. The van der Waals surface area contributed by atoms with Crippen molar-refractivity contribution in [2.45, 2.75) is 50.3 Å². The Morgan fingerprint density at radius 2 is 1.84 bits per heavy atom. The standard InChI is InChI=1S/C26H25F3N4O5/c1-13-3-6-20(14-4-5-17(27)18(28)10-14)33(13)21(34)12-32-23(35)26(38-25(32)37)8-7-15-9-16(31-24(36)30-2)11-19(29)22(15)26/h4-5,9-11,13,20H,3,6-8,12H2,1-2H3,(H2,30,31,36)/t13-,20-,26+/m0/s1. The van der Waals surface area contributed by atoms with Crippen LogP contribution < -0.4 is 10.6 Å². The van der Waals surface area contributed by atoms with Gasteiger partial charge in [-0.3, -0.25) is 9.59 Å². The van der Waals surface area contributed by atoms with E-state index in [1.54, 1.807) is 6.92 Å². The maximum absolute atomic E-state index is 15.2. The lowest BCUT2D eigenvalue weighted by Gasteiger charge is -2.30. The van der Waals surface area contributed by atoms with Crippen molar-refractivity contribution in [1.82, 2.24) is 15.1 Å². The number of carbonyl (C=O) groups is 4. The number of hydrogen-bond acceptors (Lipinski definition) is 5. The van der Waals surface area contributed by atoms with Crippen molar-refractivity contribution >= 4 is 29.6 Å². The molecule has 0 radical (unpaired) electrons. The fourth-order valence-corrected chi connectivity index (χ4v) is 5.68. The molecule has 12 heteroatoms. The molecule has 0 aromatic heterocycles. The van der Waals surface area contributed by atoms with Crippen molar-refractivity contribution in [1.29, 1.82) is 0 Å². The molecular weight excluding hydrogens is 505 g/mol. The van der Waals surface area contributed by atoms with E-state index in [-0.39, 0.29) is 30.1 Å². The summed E-state index contributed by atoms with van der Waals surface area (Å²) >= 11 is 0. The molecule has 2 aliphatic heterocycles. The van der Waals surface area contributed by atoms with E-state index in [9.17, 15) is 28.0 Å². The number of nitrogens with zero attached hydrogens (tertiary/aromatic N) is 2. The SMILES string of the molecule is CNC(=O)Nc1cc(F)c2c(c1)CC[C@@]21OC(=O)N(CC(=O)N2[C@@H](C)CC[C@H]2c2ccc(F)c(F)c2)C1=O. The molecule has 1 spiro atoms. The number of nitrogens with one attached hydrogen (secondary N) is 2. The first-order chi connectivity index (χ1) is 18.1. The number of likely N-dealkylation sites (tertiary alicyclic amines) is 1. The number of fused-ring (bicyclic) bond motifs is 2. The summed E-state index contributed by atoms with van der Waals surface area (Å²) in [7, 11) is 1.41. The van der Waals surface area contributed by atoms with Gasteiger partial charge in [0.2, 0.25) is 11.5 Å². The second-order valence-electron chi connectivity index (χ2n) is 9.70. The second kappa shape index (κ2) is 9.34. The van der Waals surface area contributed by atoms with E-state index in [0.29, 0.717) is 28.9 Å². The van der Waals surface area contributed by atoms with Crippen LogP contribution in [-0.2, 0) is 26.3 Å². The maximum atomic E-state index is 15.2. The van der Waals surface area contributed by atoms with Gasteiger partial charge in [-0.25, -0.2) is 27.7 Å². The van der Waals surface area contributed by atoms with E-state index < -0.39 is 59.6 Å². The average Bonchev–Trinajstić information content (AvgIpc) is 3.51. The number of amides is 5. The van der Waals surface area contributed by atoms with Crippen LogP contribution in [-0.4, -0.2) is 53.4 Å². The molecule has 0 unspecified atom stereocenters. The lowest BCUT2D eigenvalue weighted by atomic mass is 9.94. The molecule has 2 saturated heterocycles. The molecule has 200 valence electrons. The molecule has 2 heterocycles. The Hall–Kier alpha value is -4.09. The van der Waals surface area contributed by atoms with Gasteiger partial charge in [-0.05, 0) is 61.6 Å². The largest absolute Gasteiger partial charge is 0.427 e. The number of hydrogen-bond donors (Lipinski definition) is 2. The smallest absolute Gasteiger partial charge is 0.418 e. The van der Waals surface area contributed by atoms with Gasteiger partial charge in [0, 0.05) is 30.8 Å². The highest BCUT2D eigenvalue weighted by molar-refractivity contribution is 6.06. The van der Waals surface area contributed by atoms with Gasteiger partial charge >= 0.3 is 12.1 Å². The highest BCUT2D eigenvalue weighted by atomic mass is 19.2. The van der Waals surface area contributed by atoms with Gasteiger partial charge < -0.3 is 20.3 Å². The van der Waals surface area contributed by atoms with Crippen LogP contribution in [0.1, 0.15) is 48.9 Å². The number of ether oxygens (including phenoxy) is 1. The third-order valence-electron chi connectivity index (χ3n) is 7.46. The van der Waals surface area contributed by atoms with Crippen LogP contribution in [0.4, 0.5) is 28.4 Å². The van der Waals surface area contributed by atoms with Gasteiger partial charge in [-0.15, -0.1) is 0 Å². The Bertz CT molecular complexity index is 1370. The zero-order valence-corrected chi connectivity index (χ0v) is 20.6. The minimum atomic E-state index is -1.90. The molecule has 5 amide bonds. The molecule has 0 saturated carbocycles. The average molecular weight is 531 g/mol. The topological polar surface area (TPSA) is 108 Å². The third-order valence-corrected chi connectivity index (χ3v) is 7.46. The summed E-state index contributed by atoms with van der Waals surface area (Å²) < 4.78 is 48.0. The molecule has 2 fully saturated rings. The quantitative estimate of drug-likeness (QED) is 0.627. The van der Waals surface area contributed by atoms with Crippen molar-refractivity contribution < 1.29 is 37.1 Å². The van der Waals surface area contributed by atoms with Crippen molar-refractivity contribution in [2.75, 3.05) is 18.9 Å². The van der Waals surface area contributed by atoms with Gasteiger partial charge in [0.25, 0.3) is 5.91 Å². The van der Waals surface area contributed by atoms with Gasteiger partial charge in [0.05, 0.1) is 6.04 Å². The lowest BCUT2D eigenvalue weighted by molar-refractivity contribution is -0.143. The highest BCUT2D eigenvalue weighted by Gasteiger charge is 2.60. The maximum Gasteiger partial charge on any atom is 0.418 e. The number of aryl methyl sites for hydroxylation is 1. The summed E-state index contributed by atoms with van der Waals surface area (Å²) in [6, 6.07) is 4.58. The number of benzene rings is 2. The van der Waals surface area contributed by atoms with Crippen LogP contribution >= 0.6 is 0 Å². The number of anilines is 1. The molecule has 0 bridgehead atoms. The van der Waals surface area contributed by atoms with Crippen molar-refractivity contribution in [3.63, 3.8) is 0 Å². The summed E-state index contributed by atoms with van der Waals surface area (Å²) in [5.41, 5.74) is -1.02. The first-order valence-electron chi connectivity index (χ1n) is 12.2. The summed E-state index contributed by atoms with van der Waals surface area (Å²) in [6.07, 6.45) is 0.195. The molecule has 2 N–H and O–H groups in total. The summed E-state index contributed by atoms with van der Waals surface area (Å²) in [5, 5.41) is 4.83. The van der Waals surface area contributed by atoms with Gasteiger partial charge in [-0.2, -0.15) is 0 Å². The van der Waals surface area contributed by atoms with E-state index in [1.165, 1.54) is 24.1 Å². The minimum absolute atomic E-state index is 0.0183. The first kappa shape index (κ1) is 25.6. The van der Waals surface area contributed by atoms with Crippen molar-refractivity contribution in [3.8, 4) is 0 Å². The Balaban J connectivity index is 1.39. The number of halogens is 3. The van der Waals surface area contributed by atoms with E-state index >= 15 is 4.39 Å². The number of urea groups is 1. The Morgan fingerprint density at radius 1 is 1.08 bits per heavy atom. The normalized spacial score (nSPS) is 24.1. The summed E-state index contributed by atoms with van der Waals surface area (Å²) in [6.45, 7) is 1.15. The van der Waals surface area contributed by atoms with Gasteiger partial charge in [-0.1, -0.05) is 6.07 Å². The number of carbonyl (C=O) groups excluding carboxylic acids is 4. The van der Waals surface area contributed by atoms with Crippen LogP contribution in [0.5, 0.6) is 0 Å². The lowest BCUT2D eigenvalue weighted by Crippen LogP contribution is -2.46. The fraction of sp³-hybridized carbons (Fsp3) is 0.385. The van der Waals surface area contributed by atoms with E-state index in [0.717, 1.165) is 18.2 Å². The molecule has 1 aliphatic carbocycles. The van der Waals surface area contributed by atoms with Crippen LogP contribution in [0.3, 0.4) is 0 Å². The highest BCUT2D eigenvalue weighted by Crippen LogP contribution is 2.47. The van der Waals surface area contributed by atoms with E-state index in [2.05, 4.69) is 10.6 Å². The van der Waals surface area contributed by atoms with Gasteiger partial charge in [0.15, 0.2) is 11.6 Å². The monoisotopic (exact) mass is 530 g/mol. The molecule has 38 heavy (non-hydrogen) atoms. The van der Waals surface area contributed by atoms with Gasteiger partial charge in [0.1, 0.15) is 12.4 Å². The van der Waals surface area contributed by atoms with Crippen molar-refractivity contribution in [2.24, 2.45) is 0 Å². The fourth-order valence-electron chi connectivity index (χ4n) is 5.68. The van der Waals surface area contributed by atoms with Crippen LogP contribution in [0.2, 0.25) is 0 Å². The zero-order valence-electron chi connectivity index (χ0n) is 20.6. The first-order valence-corrected chi connectivity index (χ1v) is 12.2. The second-order valence-corrected chi connectivity index (χ2v) is 9.70. The third kappa shape index (κ3) is 4.04. The Labute approximate surface area is 215 Å².